The third-order valence-corrected chi connectivity index (χ3v) is 12.7. The number of allylic oxidation sites excluding steroid dienone is 1. The summed E-state index contributed by atoms with van der Waals surface area (Å²) in [7, 11) is 1.69. The number of hydrogen-bond acceptors (Lipinski definition) is 7. The van der Waals surface area contributed by atoms with Gasteiger partial charge in [-0.2, -0.15) is 12.6 Å². The van der Waals surface area contributed by atoms with Gasteiger partial charge in [0.2, 0.25) is 0 Å². The molecule has 0 atom stereocenters. The van der Waals surface area contributed by atoms with Crippen molar-refractivity contribution in [2.24, 2.45) is 45.8 Å². The van der Waals surface area contributed by atoms with E-state index in [4.69, 9.17) is 20.1 Å². The molecule has 4 aromatic rings. The molecule has 0 spiro atoms. The van der Waals surface area contributed by atoms with E-state index < -0.39 is 0 Å². The molecule has 0 radical (unpaired) electrons. The second-order valence-electron chi connectivity index (χ2n) is 32.0. The Morgan fingerprint density at radius 1 is 0.543 bits per heavy atom. The van der Waals surface area contributed by atoms with Crippen LogP contribution in [0.4, 0.5) is 0 Å². The molecule has 0 aliphatic rings. The quantitative estimate of drug-likeness (QED) is 0.0289. The molecule has 92 heavy (non-hydrogen) atoms. The van der Waals surface area contributed by atoms with Crippen LogP contribution < -0.4 is 4.74 Å². The highest BCUT2D eigenvalue weighted by atomic mass is 79.9. The number of aromatic hydroxyl groups is 2. The number of halogens is 1. The molecule has 0 fully saturated rings. The molecular weight excluding hydrogens is 1220 g/mol. The molecular formula is C84H159BrO6S. The maximum Gasteiger partial charge on any atom is 0.163 e. The lowest BCUT2D eigenvalue weighted by Gasteiger charge is -2.20. The number of phenols is 2. The molecule has 5 N–H and O–H groups in total. The van der Waals surface area contributed by atoms with Gasteiger partial charge >= 0.3 is 0 Å². The fourth-order valence-corrected chi connectivity index (χ4v) is 7.32. The van der Waals surface area contributed by atoms with E-state index in [2.05, 4.69) is 289 Å². The van der Waals surface area contributed by atoms with Gasteiger partial charge < -0.3 is 30.3 Å². The van der Waals surface area contributed by atoms with E-state index >= 15 is 0 Å². The van der Waals surface area contributed by atoms with Crippen molar-refractivity contribution in [2.45, 2.75) is 310 Å². The summed E-state index contributed by atoms with van der Waals surface area (Å²) in [4.78, 5) is 0. The van der Waals surface area contributed by atoms with Gasteiger partial charge in [-0.15, -0.1) is 6.58 Å². The van der Waals surface area contributed by atoms with E-state index in [-0.39, 0.29) is 43.8 Å². The van der Waals surface area contributed by atoms with Crippen LogP contribution in [-0.4, -0.2) is 51.6 Å². The molecule has 0 aliphatic heterocycles. The highest BCUT2D eigenvalue weighted by molar-refractivity contribution is 9.10. The van der Waals surface area contributed by atoms with Gasteiger partial charge in [0, 0.05) is 23.2 Å². The smallest absolute Gasteiger partial charge is 0.163 e. The van der Waals surface area contributed by atoms with Gasteiger partial charge in [0.25, 0.3) is 0 Å². The molecule has 0 bridgehead atoms. The highest BCUT2D eigenvalue weighted by Gasteiger charge is 2.18. The SMILES string of the molecule is C.C.C=CC(C)C.CC(C)(C)C.CC(C)(C)CCCO.CC(C)(C)CCCO.CC(C)(C)c1cc(O)c(O)c(CO)c1.CC(C)C.CC(C)CCS.CC(C)Cc1ccccc1.CC(C)c1ccc(Br)cc1.CCCCCC(C)C.COc1ccc(C(C)(C)C)cc1. The molecule has 0 aromatic heterocycles. The average Bonchev–Trinajstić information content (AvgIpc) is 0.843. The lowest BCUT2D eigenvalue weighted by Crippen LogP contribution is -2.11. The van der Waals surface area contributed by atoms with Crippen LogP contribution in [0.5, 0.6) is 17.2 Å². The van der Waals surface area contributed by atoms with Crippen molar-refractivity contribution < 1.29 is 30.3 Å². The van der Waals surface area contributed by atoms with E-state index in [1.54, 1.807) is 13.2 Å². The second-order valence-corrected chi connectivity index (χ2v) is 33.3. The van der Waals surface area contributed by atoms with Crippen molar-refractivity contribution in [1.82, 2.24) is 0 Å². The Labute approximate surface area is 590 Å². The molecule has 0 amide bonds. The molecule has 8 heteroatoms. The second kappa shape index (κ2) is 62.5. The zero-order valence-corrected chi connectivity index (χ0v) is 67.3. The van der Waals surface area contributed by atoms with E-state index in [9.17, 15) is 10.2 Å². The number of benzene rings is 4. The maximum atomic E-state index is 9.41. The van der Waals surface area contributed by atoms with Crippen molar-refractivity contribution in [2.75, 3.05) is 26.1 Å². The van der Waals surface area contributed by atoms with Gasteiger partial charge in [-0.05, 0) is 166 Å². The van der Waals surface area contributed by atoms with Crippen LogP contribution in [0, 0.1) is 45.8 Å². The van der Waals surface area contributed by atoms with Crippen molar-refractivity contribution in [3.8, 4) is 17.2 Å². The van der Waals surface area contributed by atoms with Gasteiger partial charge in [-0.3, -0.25) is 0 Å². The van der Waals surface area contributed by atoms with Crippen LogP contribution in [0.15, 0.2) is 108 Å². The number of unbranched alkanes of at least 4 members (excludes halogenated alkanes) is 2. The fourth-order valence-electron chi connectivity index (χ4n) is 6.54. The number of thiol groups is 1. The predicted molar refractivity (Wildman–Crippen MR) is 427 cm³/mol. The summed E-state index contributed by atoms with van der Waals surface area (Å²) in [5, 5.41) is 44.6. The predicted octanol–water partition coefficient (Wildman–Crippen LogP) is 26.9. The summed E-state index contributed by atoms with van der Waals surface area (Å²) in [6, 6.07) is 30.5. The highest BCUT2D eigenvalue weighted by Crippen LogP contribution is 2.35. The Balaban J connectivity index is -0.000000119. The Morgan fingerprint density at radius 2 is 0.935 bits per heavy atom. The lowest BCUT2D eigenvalue weighted by atomic mass is 9.86. The fraction of sp³-hybridized carbons (Fsp3) is 0.690. The normalized spacial score (nSPS) is 10.7. The van der Waals surface area contributed by atoms with Gasteiger partial charge in [0.05, 0.1) is 13.7 Å². The largest absolute Gasteiger partial charge is 0.504 e. The summed E-state index contributed by atoms with van der Waals surface area (Å²) in [5.41, 5.74) is 6.81. The van der Waals surface area contributed by atoms with Crippen LogP contribution in [-0.2, 0) is 23.9 Å². The molecule has 0 saturated carbocycles. The number of phenolic OH excluding ortho intramolecular Hbond substituents is 1. The van der Waals surface area contributed by atoms with Gasteiger partial charge in [0.15, 0.2) is 11.5 Å². The van der Waals surface area contributed by atoms with Crippen molar-refractivity contribution in [1.29, 1.82) is 0 Å². The van der Waals surface area contributed by atoms with Crippen LogP contribution in [0.3, 0.4) is 0 Å². The number of aliphatic hydroxyl groups is 3. The summed E-state index contributed by atoms with van der Waals surface area (Å²) < 4.78 is 6.23. The number of methoxy groups -OCH3 is 1. The maximum absolute atomic E-state index is 9.41. The molecule has 4 rings (SSSR count). The molecule has 0 unspecified atom stereocenters. The van der Waals surface area contributed by atoms with E-state index in [0.717, 1.165) is 70.9 Å². The minimum absolute atomic E-state index is 0. The Morgan fingerprint density at radius 3 is 1.18 bits per heavy atom. The molecule has 6 nitrogen and oxygen atoms in total. The Hall–Kier alpha value is -3.27. The minimum Gasteiger partial charge on any atom is -0.504 e. The molecule has 4 aromatic carbocycles. The van der Waals surface area contributed by atoms with Gasteiger partial charge in [-0.1, -0.05) is 325 Å². The first kappa shape index (κ1) is 107. The third-order valence-electron chi connectivity index (χ3n) is 11.9. The Bertz CT molecular complexity index is 2120. The number of ether oxygens (including phenoxy) is 1. The molecule has 0 saturated heterocycles. The summed E-state index contributed by atoms with van der Waals surface area (Å²) in [5.74, 6) is 6.14. The van der Waals surface area contributed by atoms with Crippen molar-refractivity contribution in [3.05, 3.63) is 136 Å². The van der Waals surface area contributed by atoms with Crippen LogP contribution in [0.25, 0.3) is 0 Å². The van der Waals surface area contributed by atoms with E-state index in [1.165, 1.54) is 61.3 Å². The van der Waals surface area contributed by atoms with Crippen molar-refractivity contribution >= 4 is 28.6 Å². The first-order valence-electron chi connectivity index (χ1n) is 34.1. The number of rotatable bonds is 16. The van der Waals surface area contributed by atoms with E-state index in [0.29, 0.717) is 46.9 Å². The number of hydrogen-bond donors (Lipinski definition) is 6. The Kier molecular flexibility index (Phi) is 73.0. The lowest BCUT2D eigenvalue weighted by molar-refractivity contribution is 0.251. The topological polar surface area (TPSA) is 110 Å². The summed E-state index contributed by atoms with van der Waals surface area (Å²) >= 11 is 7.45. The standard InChI is InChI=1S/C11H16O3.C11H16O.C10H14.C9H11Br.C8H18.2C7H16O.C5H12S.C5H12.C5H10.C4H10.2CH4/c1-11(2,3)8-4-7(6-12)10(14)9(13)5-8;1-11(2,3)9-5-7-10(12-4)8-6-9;1-9(2)8-10-6-4-3-5-7-10;1-7(2)8-3-5-9(10)6-4-8;1-4-5-6-7-8(2)3;2*1-7(2,3)5-4-6-8;1-5(2)3-4-6;1-5(2,3)4;1-4-5(2)3;1-4(2)3;;/h4-5,12-14H,6H2,1-3H3;5-8H,1-4H3;3-7,9H,8H2,1-2H3;3-7H,1-2H3;8H,4-7H2,1-3H3;2*8H,4-6H2,1-3H3;5-6H,3-4H2,1-2H3;1-4H3;4-5H,1H2,2-3H3;4H,1-3H3;2*1H4. The first-order chi connectivity index (χ1) is 41.0. The van der Waals surface area contributed by atoms with Crippen molar-refractivity contribution in [3.63, 3.8) is 0 Å². The average molecular weight is 1380 g/mol. The molecule has 544 valence electrons. The molecule has 0 aliphatic carbocycles. The van der Waals surface area contributed by atoms with Crippen LogP contribution in [0.1, 0.15) is 314 Å². The zero-order valence-electron chi connectivity index (χ0n) is 64.8. The zero-order chi connectivity index (χ0) is 72.1. The number of aliphatic hydroxyl groups excluding tert-OH is 3. The monoisotopic (exact) mass is 1380 g/mol. The van der Waals surface area contributed by atoms with Gasteiger partial charge in [-0.25, -0.2) is 0 Å². The minimum atomic E-state index is -0.274. The van der Waals surface area contributed by atoms with Crippen LogP contribution >= 0.6 is 28.6 Å². The summed E-state index contributed by atoms with van der Waals surface area (Å²) in [6.45, 7) is 69.2. The first-order valence-corrected chi connectivity index (χ1v) is 35.5. The van der Waals surface area contributed by atoms with Gasteiger partial charge in [0.1, 0.15) is 5.75 Å². The summed E-state index contributed by atoms with van der Waals surface area (Å²) in [6.07, 6.45) is 14.1. The molecule has 0 heterocycles. The van der Waals surface area contributed by atoms with Crippen LogP contribution in [0.2, 0.25) is 0 Å². The van der Waals surface area contributed by atoms with E-state index in [1.807, 2.05) is 39.0 Å². The third kappa shape index (κ3) is 88.8.